The molecule has 1 saturated heterocycles. The Morgan fingerprint density at radius 3 is 2.73 bits per heavy atom. The summed E-state index contributed by atoms with van der Waals surface area (Å²) in [5.74, 6) is 0.597. The van der Waals surface area contributed by atoms with E-state index in [1.54, 1.807) is 0 Å². The number of piperidine rings is 1. The molecule has 0 aliphatic carbocycles. The van der Waals surface area contributed by atoms with Gasteiger partial charge in [-0.2, -0.15) is 0 Å². The second kappa shape index (κ2) is 4.31. The Kier molecular flexibility index (Phi) is 3.05. The number of aromatic nitrogens is 2. The van der Waals surface area contributed by atoms with Crippen LogP contribution >= 0.6 is 11.6 Å². The molecule has 1 fully saturated rings. The van der Waals surface area contributed by atoms with Crippen LogP contribution in [-0.4, -0.2) is 28.4 Å². The predicted octanol–water partition coefficient (Wildman–Crippen LogP) is 2.07. The number of alkyl halides is 1. The number of nitrogens with zero attached hydrogens (tertiary/aromatic N) is 3. The highest BCUT2D eigenvalue weighted by atomic mass is 35.5. The molecule has 5 heteroatoms. The summed E-state index contributed by atoms with van der Waals surface area (Å²) < 4.78 is 12.6. The molecule has 15 heavy (non-hydrogen) atoms. The minimum absolute atomic E-state index is 0.224. The van der Waals surface area contributed by atoms with Crippen LogP contribution in [0.25, 0.3) is 0 Å². The normalized spacial score (nSPS) is 26.7. The van der Waals surface area contributed by atoms with Gasteiger partial charge in [-0.05, 0) is 12.3 Å². The molecule has 0 spiro atoms. The molecule has 2 unspecified atom stereocenters. The molecule has 0 amide bonds. The monoisotopic (exact) mass is 229 g/mol. The zero-order valence-corrected chi connectivity index (χ0v) is 9.28. The van der Waals surface area contributed by atoms with Gasteiger partial charge in [0.1, 0.15) is 0 Å². The molecule has 0 N–H and O–H groups in total. The second-order valence-electron chi connectivity index (χ2n) is 3.93. The topological polar surface area (TPSA) is 29.0 Å². The van der Waals surface area contributed by atoms with Crippen LogP contribution in [0.4, 0.5) is 10.3 Å². The fourth-order valence-corrected chi connectivity index (χ4v) is 1.94. The number of anilines is 1. The van der Waals surface area contributed by atoms with Gasteiger partial charge in [0.15, 0.2) is 5.82 Å². The maximum absolute atomic E-state index is 12.6. The minimum atomic E-state index is -0.404. The van der Waals surface area contributed by atoms with E-state index >= 15 is 0 Å². The van der Waals surface area contributed by atoms with Crippen LogP contribution in [0.2, 0.25) is 0 Å². The minimum Gasteiger partial charge on any atom is -0.340 e. The van der Waals surface area contributed by atoms with Crippen LogP contribution in [0.15, 0.2) is 12.4 Å². The molecule has 82 valence electrons. The Morgan fingerprint density at radius 2 is 2.13 bits per heavy atom. The molecule has 0 saturated carbocycles. The highest BCUT2D eigenvalue weighted by molar-refractivity contribution is 6.20. The maximum Gasteiger partial charge on any atom is 0.225 e. The average molecular weight is 230 g/mol. The molecule has 1 aliphatic rings. The highest BCUT2D eigenvalue weighted by Crippen LogP contribution is 2.23. The molecule has 0 bridgehead atoms. The van der Waals surface area contributed by atoms with Crippen molar-refractivity contribution in [3.63, 3.8) is 0 Å². The lowest BCUT2D eigenvalue weighted by Crippen LogP contribution is -2.40. The highest BCUT2D eigenvalue weighted by Gasteiger charge is 2.25. The fourth-order valence-electron chi connectivity index (χ4n) is 1.77. The van der Waals surface area contributed by atoms with Crippen LogP contribution < -0.4 is 4.90 Å². The van der Waals surface area contributed by atoms with Crippen molar-refractivity contribution >= 4 is 17.5 Å². The van der Waals surface area contributed by atoms with Gasteiger partial charge in [-0.25, -0.2) is 14.4 Å². The molecule has 0 radical (unpaired) electrons. The molecule has 1 aliphatic heterocycles. The SMILES string of the molecule is CC1CN(c2ncc(F)cn2)CCC1Cl. The molecule has 2 atom stereocenters. The third kappa shape index (κ3) is 2.37. The Labute approximate surface area is 93.3 Å². The quantitative estimate of drug-likeness (QED) is 0.691. The van der Waals surface area contributed by atoms with Crippen LogP contribution in [-0.2, 0) is 0 Å². The Hall–Kier alpha value is -0.900. The van der Waals surface area contributed by atoms with Gasteiger partial charge >= 0.3 is 0 Å². The van der Waals surface area contributed by atoms with Crippen LogP contribution in [0.1, 0.15) is 13.3 Å². The zero-order chi connectivity index (χ0) is 10.8. The lowest BCUT2D eigenvalue weighted by Gasteiger charge is -2.33. The maximum atomic E-state index is 12.6. The molecule has 1 aromatic heterocycles. The van der Waals surface area contributed by atoms with Gasteiger partial charge in [0.05, 0.1) is 12.4 Å². The van der Waals surface area contributed by atoms with Crippen molar-refractivity contribution in [3.05, 3.63) is 18.2 Å². The standard InChI is InChI=1S/C10H13ClFN3/c1-7-6-15(3-2-9(7)11)10-13-4-8(12)5-14-10/h4-5,7,9H,2-3,6H2,1H3. The molecule has 2 rings (SSSR count). The lowest BCUT2D eigenvalue weighted by molar-refractivity contribution is 0.449. The van der Waals surface area contributed by atoms with E-state index in [4.69, 9.17) is 11.6 Å². The van der Waals surface area contributed by atoms with Crippen LogP contribution in [0, 0.1) is 11.7 Å². The van der Waals surface area contributed by atoms with Gasteiger partial charge < -0.3 is 4.90 Å². The summed E-state index contributed by atoms with van der Waals surface area (Å²) in [6.07, 6.45) is 3.31. The Balaban J connectivity index is 2.08. The fraction of sp³-hybridized carbons (Fsp3) is 0.600. The molecule has 1 aromatic rings. The second-order valence-corrected chi connectivity index (χ2v) is 4.49. The van der Waals surface area contributed by atoms with Crippen molar-refractivity contribution in [2.45, 2.75) is 18.7 Å². The predicted molar refractivity (Wildman–Crippen MR) is 57.6 cm³/mol. The number of halogens is 2. The first-order valence-electron chi connectivity index (χ1n) is 5.03. The van der Waals surface area contributed by atoms with E-state index in [1.807, 2.05) is 4.90 Å². The Bertz CT molecular complexity index is 330. The first-order chi connectivity index (χ1) is 7.16. The van der Waals surface area contributed by atoms with Gasteiger partial charge in [-0.1, -0.05) is 6.92 Å². The number of rotatable bonds is 1. The van der Waals surface area contributed by atoms with E-state index in [2.05, 4.69) is 16.9 Å². The van der Waals surface area contributed by atoms with Crippen molar-refractivity contribution in [2.24, 2.45) is 5.92 Å². The molecule has 3 nitrogen and oxygen atoms in total. The third-order valence-electron chi connectivity index (χ3n) is 2.69. The van der Waals surface area contributed by atoms with E-state index in [0.717, 1.165) is 19.5 Å². The molecular weight excluding hydrogens is 217 g/mol. The van der Waals surface area contributed by atoms with Crippen molar-refractivity contribution in [1.29, 1.82) is 0 Å². The van der Waals surface area contributed by atoms with E-state index in [0.29, 0.717) is 11.9 Å². The van der Waals surface area contributed by atoms with E-state index < -0.39 is 5.82 Å². The van der Waals surface area contributed by atoms with Gasteiger partial charge in [0.25, 0.3) is 0 Å². The van der Waals surface area contributed by atoms with Crippen molar-refractivity contribution in [3.8, 4) is 0 Å². The van der Waals surface area contributed by atoms with Gasteiger partial charge in [-0.15, -0.1) is 11.6 Å². The van der Waals surface area contributed by atoms with E-state index in [-0.39, 0.29) is 5.38 Å². The molecule has 2 heterocycles. The summed E-state index contributed by atoms with van der Waals surface area (Å²) in [5, 5.41) is 0.224. The summed E-state index contributed by atoms with van der Waals surface area (Å²) in [4.78, 5) is 9.96. The molecule has 0 aromatic carbocycles. The van der Waals surface area contributed by atoms with Crippen LogP contribution in [0.5, 0.6) is 0 Å². The van der Waals surface area contributed by atoms with Gasteiger partial charge in [0, 0.05) is 18.5 Å². The Morgan fingerprint density at radius 1 is 1.47 bits per heavy atom. The zero-order valence-electron chi connectivity index (χ0n) is 8.53. The number of hydrogen-bond acceptors (Lipinski definition) is 3. The molecular formula is C10H13ClFN3. The summed E-state index contributed by atoms with van der Waals surface area (Å²) in [7, 11) is 0. The van der Waals surface area contributed by atoms with Crippen LogP contribution in [0.3, 0.4) is 0 Å². The smallest absolute Gasteiger partial charge is 0.225 e. The average Bonchev–Trinajstić information content (AvgIpc) is 2.23. The number of hydrogen-bond donors (Lipinski definition) is 0. The summed E-state index contributed by atoms with van der Waals surface area (Å²) in [6.45, 7) is 3.78. The van der Waals surface area contributed by atoms with E-state index in [1.165, 1.54) is 12.4 Å². The summed E-state index contributed by atoms with van der Waals surface area (Å²) in [5.41, 5.74) is 0. The third-order valence-corrected chi connectivity index (χ3v) is 3.34. The van der Waals surface area contributed by atoms with Crippen molar-refractivity contribution < 1.29 is 4.39 Å². The van der Waals surface area contributed by atoms with Crippen molar-refractivity contribution in [1.82, 2.24) is 9.97 Å². The van der Waals surface area contributed by atoms with Gasteiger partial charge in [-0.3, -0.25) is 0 Å². The van der Waals surface area contributed by atoms with E-state index in [9.17, 15) is 4.39 Å². The summed E-state index contributed by atoms with van der Waals surface area (Å²) >= 11 is 6.12. The summed E-state index contributed by atoms with van der Waals surface area (Å²) in [6, 6.07) is 0. The largest absolute Gasteiger partial charge is 0.340 e. The van der Waals surface area contributed by atoms with Crippen molar-refractivity contribution in [2.75, 3.05) is 18.0 Å². The lowest BCUT2D eigenvalue weighted by atomic mass is 10.00. The first-order valence-corrected chi connectivity index (χ1v) is 5.47. The van der Waals surface area contributed by atoms with Gasteiger partial charge in [0.2, 0.25) is 5.95 Å². The first kappa shape index (κ1) is 10.6.